The normalized spacial score (nSPS) is 10.2. The van der Waals surface area contributed by atoms with Gasteiger partial charge in [-0.3, -0.25) is 0 Å². The van der Waals surface area contributed by atoms with E-state index in [9.17, 15) is 4.79 Å². The first kappa shape index (κ1) is 19.9. The number of carbonyl (C=O) groups excluding carboxylic acids is 1. The minimum atomic E-state index is -0.294. The summed E-state index contributed by atoms with van der Waals surface area (Å²) >= 11 is 0. The Morgan fingerprint density at radius 3 is 2.17 bits per heavy atom. The molecule has 24 heavy (non-hydrogen) atoms. The standard InChI is InChI=1S/C17H28N2O5/c1-5-6-9-24-10-7-8-18-17(20)19-13-11-14(21-2)16(23-4)15(12-13)22-3/h11-12H,5-10H2,1-4H3,(H2,18,19,20). The molecular weight excluding hydrogens is 312 g/mol. The molecule has 7 heteroatoms. The summed E-state index contributed by atoms with van der Waals surface area (Å²) in [6, 6.07) is 3.06. The van der Waals surface area contributed by atoms with Crippen molar-refractivity contribution in [3.8, 4) is 17.2 Å². The third-order valence-corrected chi connectivity index (χ3v) is 3.32. The molecule has 136 valence electrons. The molecule has 0 aliphatic carbocycles. The SMILES string of the molecule is CCCCOCCCNC(=O)Nc1cc(OC)c(OC)c(OC)c1. The van der Waals surface area contributed by atoms with Crippen LogP contribution in [0.2, 0.25) is 0 Å². The van der Waals surface area contributed by atoms with Crippen molar-refractivity contribution in [3.63, 3.8) is 0 Å². The molecule has 0 unspecified atom stereocenters. The van der Waals surface area contributed by atoms with Gasteiger partial charge in [-0.25, -0.2) is 4.79 Å². The number of rotatable bonds is 11. The quantitative estimate of drug-likeness (QED) is 0.605. The molecule has 1 aromatic rings. The van der Waals surface area contributed by atoms with E-state index in [-0.39, 0.29) is 6.03 Å². The van der Waals surface area contributed by atoms with Crippen LogP contribution in [-0.2, 0) is 4.74 Å². The van der Waals surface area contributed by atoms with Gasteiger partial charge in [0.1, 0.15) is 0 Å². The average molecular weight is 340 g/mol. The first-order chi connectivity index (χ1) is 11.7. The molecular formula is C17H28N2O5. The molecule has 0 atom stereocenters. The minimum absolute atomic E-state index is 0.294. The van der Waals surface area contributed by atoms with Crippen LogP contribution < -0.4 is 24.8 Å². The van der Waals surface area contributed by atoms with Crippen molar-refractivity contribution >= 4 is 11.7 Å². The summed E-state index contributed by atoms with van der Waals surface area (Å²) in [5, 5.41) is 5.53. The van der Waals surface area contributed by atoms with Crippen LogP contribution in [0.4, 0.5) is 10.5 Å². The van der Waals surface area contributed by atoms with Gasteiger partial charge in [0.2, 0.25) is 5.75 Å². The Morgan fingerprint density at radius 2 is 1.62 bits per heavy atom. The van der Waals surface area contributed by atoms with Crippen molar-refractivity contribution in [3.05, 3.63) is 12.1 Å². The van der Waals surface area contributed by atoms with Gasteiger partial charge in [-0.2, -0.15) is 0 Å². The lowest BCUT2D eigenvalue weighted by Gasteiger charge is -2.15. The van der Waals surface area contributed by atoms with Crippen LogP contribution in [0.1, 0.15) is 26.2 Å². The van der Waals surface area contributed by atoms with Gasteiger partial charge in [-0.1, -0.05) is 13.3 Å². The second-order valence-electron chi connectivity index (χ2n) is 5.11. The van der Waals surface area contributed by atoms with Gasteiger partial charge >= 0.3 is 6.03 Å². The number of anilines is 1. The average Bonchev–Trinajstić information content (AvgIpc) is 2.59. The molecule has 7 nitrogen and oxygen atoms in total. The highest BCUT2D eigenvalue weighted by Crippen LogP contribution is 2.39. The predicted octanol–water partition coefficient (Wildman–Crippen LogP) is 3.04. The summed E-state index contributed by atoms with van der Waals surface area (Å²) in [7, 11) is 4.59. The molecule has 2 amide bonds. The number of benzene rings is 1. The molecule has 2 N–H and O–H groups in total. The van der Waals surface area contributed by atoms with E-state index < -0.39 is 0 Å². The van der Waals surface area contributed by atoms with Gasteiger partial charge in [0.15, 0.2) is 11.5 Å². The van der Waals surface area contributed by atoms with Gasteiger partial charge in [-0.15, -0.1) is 0 Å². The van der Waals surface area contributed by atoms with E-state index in [4.69, 9.17) is 18.9 Å². The van der Waals surface area contributed by atoms with Crippen molar-refractivity contribution in [1.29, 1.82) is 0 Å². The van der Waals surface area contributed by atoms with Gasteiger partial charge < -0.3 is 29.6 Å². The zero-order valence-corrected chi connectivity index (χ0v) is 14.9. The molecule has 0 aliphatic heterocycles. The Kier molecular flexibility index (Phi) is 9.45. The fourth-order valence-corrected chi connectivity index (χ4v) is 2.05. The van der Waals surface area contributed by atoms with Crippen LogP contribution in [-0.4, -0.2) is 47.1 Å². The number of amides is 2. The van der Waals surface area contributed by atoms with Crippen LogP contribution in [0, 0.1) is 0 Å². The van der Waals surface area contributed by atoms with Gasteiger partial charge in [0, 0.05) is 31.9 Å². The third kappa shape index (κ3) is 6.54. The van der Waals surface area contributed by atoms with Crippen LogP contribution in [0.3, 0.4) is 0 Å². The maximum Gasteiger partial charge on any atom is 0.319 e. The van der Waals surface area contributed by atoms with Crippen molar-refractivity contribution in [2.75, 3.05) is 46.4 Å². The van der Waals surface area contributed by atoms with E-state index in [1.165, 1.54) is 21.3 Å². The van der Waals surface area contributed by atoms with Crippen LogP contribution in [0.25, 0.3) is 0 Å². The van der Waals surface area contributed by atoms with Gasteiger partial charge in [-0.05, 0) is 12.8 Å². The van der Waals surface area contributed by atoms with Gasteiger partial charge in [0.25, 0.3) is 0 Å². The van der Waals surface area contributed by atoms with E-state index in [1.807, 2.05) is 0 Å². The lowest BCUT2D eigenvalue weighted by molar-refractivity contribution is 0.129. The van der Waals surface area contributed by atoms with Gasteiger partial charge in [0.05, 0.1) is 27.0 Å². The number of nitrogens with one attached hydrogen (secondary N) is 2. The van der Waals surface area contributed by atoms with Crippen molar-refractivity contribution < 1.29 is 23.7 Å². The summed E-state index contributed by atoms with van der Waals surface area (Å²) in [5.41, 5.74) is 0.557. The summed E-state index contributed by atoms with van der Waals surface area (Å²) in [6.07, 6.45) is 2.96. The van der Waals surface area contributed by atoms with Crippen LogP contribution in [0.15, 0.2) is 12.1 Å². The highest BCUT2D eigenvalue weighted by atomic mass is 16.5. The molecule has 0 spiro atoms. The number of carbonyl (C=O) groups is 1. The zero-order chi connectivity index (χ0) is 17.8. The Labute approximate surface area is 143 Å². The minimum Gasteiger partial charge on any atom is -0.493 e. The monoisotopic (exact) mass is 340 g/mol. The Balaban J connectivity index is 2.46. The summed E-state index contributed by atoms with van der Waals surface area (Å²) in [6.45, 7) is 4.08. The lowest BCUT2D eigenvalue weighted by Crippen LogP contribution is -2.30. The predicted molar refractivity (Wildman–Crippen MR) is 93.5 cm³/mol. The fourth-order valence-electron chi connectivity index (χ4n) is 2.05. The van der Waals surface area contributed by atoms with E-state index in [1.54, 1.807) is 12.1 Å². The molecule has 0 aromatic heterocycles. The Hall–Kier alpha value is -2.15. The van der Waals surface area contributed by atoms with E-state index in [2.05, 4.69) is 17.6 Å². The van der Waals surface area contributed by atoms with E-state index in [0.29, 0.717) is 36.1 Å². The molecule has 0 fully saturated rings. The molecule has 0 saturated carbocycles. The first-order valence-electron chi connectivity index (χ1n) is 8.08. The van der Waals surface area contributed by atoms with Crippen molar-refractivity contribution in [1.82, 2.24) is 5.32 Å². The highest BCUT2D eigenvalue weighted by Gasteiger charge is 2.14. The summed E-state index contributed by atoms with van der Waals surface area (Å²) < 4.78 is 21.2. The Bertz CT molecular complexity index is 483. The summed E-state index contributed by atoms with van der Waals surface area (Å²) in [5.74, 6) is 1.45. The third-order valence-electron chi connectivity index (χ3n) is 3.32. The summed E-state index contributed by atoms with van der Waals surface area (Å²) in [4.78, 5) is 11.9. The highest BCUT2D eigenvalue weighted by molar-refractivity contribution is 5.90. The van der Waals surface area contributed by atoms with Crippen LogP contribution >= 0.6 is 0 Å². The smallest absolute Gasteiger partial charge is 0.319 e. The number of ether oxygens (including phenoxy) is 4. The fraction of sp³-hybridized carbons (Fsp3) is 0.588. The van der Waals surface area contributed by atoms with Crippen molar-refractivity contribution in [2.45, 2.75) is 26.2 Å². The van der Waals surface area contributed by atoms with E-state index >= 15 is 0 Å². The molecule has 1 rings (SSSR count). The molecule has 0 aliphatic rings. The number of hydrogen-bond donors (Lipinski definition) is 2. The molecule has 0 radical (unpaired) electrons. The number of unbranched alkanes of at least 4 members (excludes halogenated alkanes) is 1. The molecule has 1 aromatic carbocycles. The number of methoxy groups -OCH3 is 3. The second-order valence-corrected chi connectivity index (χ2v) is 5.11. The molecule has 0 saturated heterocycles. The molecule has 0 bridgehead atoms. The Morgan fingerprint density at radius 1 is 1.00 bits per heavy atom. The first-order valence-corrected chi connectivity index (χ1v) is 8.08. The number of urea groups is 1. The lowest BCUT2D eigenvalue weighted by atomic mass is 10.2. The van der Waals surface area contributed by atoms with E-state index in [0.717, 1.165) is 25.9 Å². The topological polar surface area (TPSA) is 78.1 Å². The number of hydrogen-bond acceptors (Lipinski definition) is 5. The molecule has 0 heterocycles. The largest absolute Gasteiger partial charge is 0.493 e. The van der Waals surface area contributed by atoms with Crippen LogP contribution in [0.5, 0.6) is 17.2 Å². The maximum absolute atomic E-state index is 11.9. The maximum atomic E-state index is 11.9. The zero-order valence-electron chi connectivity index (χ0n) is 14.9. The second kappa shape index (κ2) is 11.4. The van der Waals surface area contributed by atoms with Crippen molar-refractivity contribution in [2.24, 2.45) is 0 Å².